The summed E-state index contributed by atoms with van der Waals surface area (Å²) >= 11 is 0. The molecule has 8 aromatic carbocycles. The van der Waals surface area contributed by atoms with Crippen molar-refractivity contribution in [3.05, 3.63) is 175 Å². The Balaban J connectivity index is 1.44. The molecule has 0 radical (unpaired) electrons. The van der Waals surface area contributed by atoms with Crippen LogP contribution in [0.5, 0.6) is 0 Å². The zero-order valence-electron chi connectivity index (χ0n) is 52.8. The van der Waals surface area contributed by atoms with Crippen LogP contribution < -0.4 is 0 Å². The fourth-order valence-corrected chi connectivity index (χ4v) is 4.67. The Kier molecular flexibility index (Phi) is 2.70. The van der Waals surface area contributed by atoms with Crippen molar-refractivity contribution in [3.8, 4) is 56.4 Å². The second-order valence-corrected chi connectivity index (χ2v) is 9.81. The van der Waals surface area contributed by atoms with Gasteiger partial charge in [0, 0.05) is 16.7 Å². The van der Waals surface area contributed by atoms with E-state index in [1.807, 2.05) is 0 Å². The summed E-state index contributed by atoms with van der Waals surface area (Å²) in [6, 6.07) is -26.7. The normalized spacial score (nSPS) is 19.8. The third kappa shape index (κ3) is 5.18. The predicted molar refractivity (Wildman–Crippen MR) is 200 cm³/mol. The summed E-state index contributed by atoms with van der Waals surface area (Å²) in [5.41, 5.74) is -5.61. The van der Waals surface area contributed by atoms with Gasteiger partial charge in [0.25, 0.3) is 0 Å². The van der Waals surface area contributed by atoms with E-state index >= 15 is 0 Å². The van der Waals surface area contributed by atoms with Crippen molar-refractivity contribution in [1.29, 1.82) is 0 Å². The van der Waals surface area contributed by atoms with Crippen molar-refractivity contribution in [2.75, 3.05) is 0 Å². The van der Waals surface area contributed by atoms with Crippen molar-refractivity contribution >= 4 is 32.3 Å². The SMILES string of the molecule is [2H]c1c([2H])c([2H])c(-c2c([2H])c([2H])c3c([2H])c(-c4c([2H])c([2H])c([2H])c(-c5nc(-c6c([2H])c([2H])c7c([2H])c([2H])c([2H])c([2H])c7c6[2H])nc(-c6c([2H])c([2H])c([2H])c7c([2H])c([2H])c([2H])c([2H])c67)n5)c4[2H])c([2H])c([2H])c3c2[2H])c([2H])c1[2H]. The lowest BCUT2D eigenvalue weighted by Gasteiger charge is -2.12. The van der Waals surface area contributed by atoms with E-state index in [2.05, 4.69) is 15.0 Å². The minimum atomic E-state index is -1.09. The number of hydrogen-bond donors (Lipinski definition) is 0. The summed E-state index contributed by atoms with van der Waals surface area (Å²) in [4.78, 5) is 13.0. The second-order valence-electron chi connectivity index (χ2n) is 9.81. The summed E-state index contributed by atoms with van der Waals surface area (Å²) in [6.07, 6.45) is 0. The van der Waals surface area contributed by atoms with Gasteiger partial charge in [-0.05, 0) is 78.7 Å². The molecular formula is C45H29N3. The predicted octanol–water partition coefficient (Wildman–Crippen LogP) is 11.7. The highest BCUT2D eigenvalue weighted by atomic mass is 15.0. The summed E-state index contributed by atoms with van der Waals surface area (Å²) in [5.74, 6) is -2.75. The fourth-order valence-electron chi connectivity index (χ4n) is 4.67. The average Bonchev–Trinajstić information content (AvgIpc) is 3.46. The van der Waals surface area contributed by atoms with Gasteiger partial charge < -0.3 is 0 Å². The van der Waals surface area contributed by atoms with E-state index in [1.54, 1.807) is 0 Å². The first kappa shape index (κ1) is 11.1. The smallest absolute Gasteiger partial charge is 0.164 e. The Hall–Kier alpha value is -6.45. The summed E-state index contributed by atoms with van der Waals surface area (Å²) in [6.45, 7) is 0. The number of nitrogens with zero attached hydrogens (tertiary/aromatic N) is 3. The first-order valence-corrected chi connectivity index (χ1v) is 13.8. The molecule has 0 saturated carbocycles. The lowest BCUT2D eigenvalue weighted by molar-refractivity contribution is 1.08. The van der Waals surface area contributed by atoms with Gasteiger partial charge in [-0.3, -0.25) is 0 Å². The van der Waals surface area contributed by atoms with Gasteiger partial charge in [-0.25, -0.2) is 15.0 Å². The maximum absolute atomic E-state index is 9.64. The summed E-state index contributed by atoms with van der Waals surface area (Å²) in [5, 5.41) is -3.85. The zero-order valence-corrected chi connectivity index (χ0v) is 23.8. The topological polar surface area (TPSA) is 38.7 Å². The average molecular weight is 641 g/mol. The van der Waals surface area contributed by atoms with Crippen LogP contribution in [0.2, 0.25) is 0 Å². The number of aromatic nitrogens is 3. The van der Waals surface area contributed by atoms with E-state index < -0.39 is 264 Å². The molecule has 1 aromatic heterocycles. The van der Waals surface area contributed by atoms with Crippen molar-refractivity contribution in [3.63, 3.8) is 0 Å². The Morgan fingerprint density at radius 3 is 1.54 bits per heavy atom. The molecule has 3 heteroatoms. The van der Waals surface area contributed by atoms with E-state index in [-0.39, 0.29) is 0 Å². The number of rotatable bonds is 5. The number of fused-ring (bicyclic) bond motifs is 3. The van der Waals surface area contributed by atoms with E-state index in [1.165, 1.54) is 0 Å². The van der Waals surface area contributed by atoms with Gasteiger partial charge in [-0.1, -0.05) is 151 Å². The molecule has 0 saturated heterocycles. The van der Waals surface area contributed by atoms with E-state index in [4.69, 9.17) is 34.3 Å². The molecule has 0 aliphatic rings. The molecule has 9 aromatic rings. The van der Waals surface area contributed by atoms with Gasteiger partial charge in [0.1, 0.15) is 0 Å². The fraction of sp³-hybridized carbons (Fsp3) is 0. The van der Waals surface area contributed by atoms with Crippen LogP contribution in [0, 0.1) is 0 Å². The van der Waals surface area contributed by atoms with Gasteiger partial charge in [0.2, 0.25) is 0 Å². The van der Waals surface area contributed by atoms with E-state index in [9.17, 15) is 5.48 Å². The van der Waals surface area contributed by atoms with Crippen LogP contribution in [0.3, 0.4) is 0 Å². The Bertz CT molecular complexity index is 4240. The number of hydrogen-bond acceptors (Lipinski definition) is 3. The molecule has 3 nitrogen and oxygen atoms in total. The van der Waals surface area contributed by atoms with E-state index in [0.29, 0.717) is 0 Å². The lowest BCUT2D eigenvalue weighted by atomic mass is 9.97. The van der Waals surface area contributed by atoms with Gasteiger partial charge in [0.15, 0.2) is 17.5 Å². The molecule has 48 heavy (non-hydrogen) atoms. The molecule has 0 atom stereocenters. The third-order valence-corrected chi connectivity index (χ3v) is 6.87. The van der Waals surface area contributed by atoms with Gasteiger partial charge in [-0.15, -0.1) is 0 Å². The highest BCUT2D eigenvalue weighted by molar-refractivity contribution is 5.96. The summed E-state index contributed by atoms with van der Waals surface area (Å²) in [7, 11) is 0. The molecule has 0 unspecified atom stereocenters. The monoisotopic (exact) mass is 640 g/mol. The van der Waals surface area contributed by atoms with E-state index in [0.717, 1.165) is 0 Å². The molecule has 224 valence electrons. The first-order valence-electron chi connectivity index (χ1n) is 28.3. The van der Waals surface area contributed by atoms with Crippen LogP contribution in [0.15, 0.2) is 175 Å². The molecular weight excluding hydrogens is 583 g/mol. The highest BCUT2D eigenvalue weighted by Crippen LogP contribution is 2.33. The van der Waals surface area contributed by atoms with Crippen LogP contribution in [-0.2, 0) is 0 Å². The van der Waals surface area contributed by atoms with Crippen molar-refractivity contribution in [2.45, 2.75) is 0 Å². The second kappa shape index (κ2) is 11.7. The Morgan fingerprint density at radius 2 is 0.750 bits per heavy atom. The maximum Gasteiger partial charge on any atom is 0.164 e. The quantitative estimate of drug-likeness (QED) is 0.188. The van der Waals surface area contributed by atoms with Gasteiger partial charge >= 0.3 is 0 Å². The van der Waals surface area contributed by atoms with Crippen LogP contribution in [0.1, 0.15) is 39.8 Å². The van der Waals surface area contributed by atoms with Crippen LogP contribution in [0.25, 0.3) is 88.7 Å². The Labute approximate surface area is 319 Å². The first-order chi connectivity index (χ1) is 35.9. The van der Waals surface area contributed by atoms with Crippen molar-refractivity contribution < 1.29 is 39.8 Å². The largest absolute Gasteiger partial charge is 0.208 e. The standard InChI is InChI=1S/C45H29N3/c1-2-10-30(11-3-1)35-21-22-38-27-36(23-24-37(38)26-35)34-16-8-17-39(29-34)43-46-44(40-25-20-31-12-4-5-14-33(31)28-40)48-45(47-43)42-19-9-15-32-13-6-7-18-41(32)42/h1-29H/i1D,2D,3D,4D,5D,6D,7D,8D,9D,10D,11D,12D,13D,14D,15D,16D,17D,18D,19D,20D,21D,22D,23D,24D,25D,26D,27D,28D,29D. The lowest BCUT2D eigenvalue weighted by Crippen LogP contribution is -2.00. The van der Waals surface area contributed by atoms with Crippen molar-refractivity contribution in [2.24, 2.45) is 0 Å². The third-order valence-electron chi connectivity index (χ3n) is 6.87. The maximum atomic E-state index is 9.64. The van der Waals surface area contributed by atoms with Gasteiger partial charge in [-0.2, -0.15) is 0 Å². The summed E-state index contributed by atoms with van der Waals surface area (Å²) < 4.78 is 255. The molecule has 0 bridgehead atoms. The molecule has 0 fully saturated rings. The Morgan fingerprint density at radius 1 is 0.292 bits per heavy atom. The molecule has 0 aliphatic heterocycles. The minimum Gasteiger partial charge on any atom is -0.208 e. The molecule has 0 aliphatic carbocycles. The minimum absolute atomic E-state index is 0.571. The number of benzene rings is 8. The zero-order chi connectivity index (χ0) is 57.1. The highest BCUT2D eigenvalue weighted by Gasteiger charge is 2.15. The van der Waals surface area contributed by atoms with Crippen LogP contribution in [-0.4, -0.2) is 15.0 Å². The molecule has 0 spiro atoms. The van der Waals surface area contributed by atoms with Crippen LogP contribution in [0.4, 0.5) is 0 Å². The van der Waals surface area contributed by atoms with Gasteiger partial charge in [0.05, 0.1) is 39.8 Å². The molecule has 1 heterocycles. The van der Waals surface area contributed by atoms with Crippen molar-refractivity contribution in [1.82, 2.24) is 15.0 Å². The molecule has 9 rings (SSSR count). The molecule has 0 N–H and O–H groups in total. The molecule has 0 amide bonds. The van der Waals surface area contributed by atoms with Crippen LogP contribution >= 0.6 is 0 Å².